The molecule has 2 saturated carbocycles. The summed E-state index contributed by atoms with van der Waals surface area (Å²) in [5.41, 5.74) is 0. The summed E-state index contributed by atoms with van der Waals surface area (Å²) in [6.45, 7) is 0. The second-order valence-corrected chi connectivity index (χ2v) is 12.7. The van der Waals surface area contributed by atoms with E-state index in [2.05, 4.69) is 91.0 Å². The van der Waals surface area contributed by atoms with Gasteiger partial charge in [-0.1, -0.05) is 54.6 Å². The Labute approximate surface area is 218 Å². The van der Waals surface area contributed by atoms with E-state index >= 15 is 0 Å². The van der Waals surface area contributed by atoms with Gasteiger partial charge in [0.05, 0.1) is 16.8 Å². The van der Waals surface area contributed by atoms with Crippen molar-refractivity contribution in [1.29, 1.82) is 0 Å². The largest absolute Gasteiger partial charge is 0.748 e. The predicted molar refractivity (Wildman–Crippen MR) is 136 cm³/mol. The Kier molecular flexibility index (Phi) is 7.37. The van der Waals surface area contributed by atoms with Crippen LogP contribution in [0.25, 0.3) is 0 Å². The molecule has 37 heavy (non-hydrogen) atoms. The van der Waals surface area contributed by atoms with Crippen molar-refractivity contribution in [3.05, 3.63) is 91.0 Å². The second-order valence-electron chi connectivity index (χ2n) is 9.31. The lowest BCUT2D eigenvalue weighted by Crippen LogP contribution is -2.37. The third-order valence-electron chi connectivity index (χ3n) is 6.91. The summed E-state index contributed by atoms with van der Waals surface area (Å²) in [4.78, 5) is 26.8. The Balaban J connectivity index is 0.000000152. The van der Waals surface area contributed by atoms with E-state index in [1.54, 1.807) is 0 Å². The van der Waals surface area contributed by atoms with Crippen molar-refractivity contribution in [3.8, 4) is 0 Å². The molecular weight excluding hydrogens is 512 g/mol. The molecule has 3 aromatic carbocycles. The molecule has 3 aliphatic rings. The minimum atomic E-state index is -4.63. The molecule has 3 fully saturated rings. The molecule has 0 aromatic heterocycles. The van der Waals surface area contributed by atoms with Crippen LogP contribution < -0.4 is 0 Å². The quantitative estimate of drug-likeness (QED) is 0.267. The van der Waals surface area contributed by atoms with Gasteiger partial charge in [-0.2, -0.15) is 0 Å². The van der Waals surface area contributed by atoms with Gasteiger partial charge >= 0.3 is 11.9 Å². The zero-order valence-corrected chi connectivity index (χ0v) is 21.5. The molecule has 1 aliphatic heterocycles. The summed E-state index contributed by atoms with van der Waals surface area (Å²) >= 11 is 0. The van der Waals surface area contributed by atoms with Crippen LogP contribution in [0.1, 0.15) is 12.8 Å². The van der Waals surface area contributed by atoms with Crippen LogP contribution in [0.5, 0.6) is 0 Å². The zero-order valence-electron chi connectivity index (χ0n) is 19.8. The minimum absolute atomic E-state index is 0.0146. The van der Waals surface area contributed by atoms with Crippen LogP contribution in [0.4, 0.5) is 0 Å². The van der Waals surface area contributed by atoms with Gasteiger partial charge < -0.3 is 14.0 Å². The lowest BCUT2D eigenvalue weighted by Gasteiger charge is -2.25. The highest BCUT2D eigenvalue weighted by atomic mass is 32.2. The van der Waals surface area contributed by atoms with Crippen molar-refractivity contribution in [2.24, 2.45) is 17.8 Å². The highest BCUT2D eigenvalue weighted by Crippen LogP contribution is 2.55. The fourth-order valence-electron chi connectivity index (χ4n) is 5.47. The summed E-state index contributed by atoms with van der Waals surface area (Å²) in [7, 11) is -4.65. The van der Waals surface area contributed by atoms with Gasteiger partial charge in [0.2, 0.25) is 0 Å². The molecular formula is C28H26O7S2. The Morgan fingerprint density at radius 2 is 1.35 bits per heavy atom. The van der Waals surface area contributed by atoms with E-state index in [1.165, 1.54) is 14.7 Å². The van der Waals surface area contributed by atoms with E-state index in [-0.39, 0.29) is 34.6 Å². The third-order valence-corrected chi connectivity index (χ3v) is 9.73. The first-order valence-corrected chi connectivity index (χ1v) is 14.8. The number of ether oxygens (including phenoxy) is 2. The van der Waals surface area contributed by atoms with Crippen molar-refractivity contribution >= 4 is 33.0 Å². The summed E-state index contributed by atoms with van der Waals surface area (Å²) in [6, 6.07) is 32.2. The summed E-state index contributed by atoms with van der Waals surface area (Å²) < 4.78 is 41.5. The Morgan fingerprint density at radius 3 is 1.81 bits per heavy atom. The first-order chi connectivity index (χ1) is 17.8. The summed E-state index contributed by atoms with van der Waals surface area (Å²) in [5, 5.41) is 0. The zero-order chi connectivity index (χ0) is 26.0. The fraction of sp³-hybridized carbons (Fsp3) is 0.286. The van der Waals surface area contributed by atoms with Crippen LogP contribution >= 0.6 is 0 Å². The van der Waals surface area contributed by atoms with Crippen LogP contribution in [0, 0.1) is 17.8 Å². The number of fused-ring (bicyclic) bond motifs is 1. The highest BCUT2D eigenvalue weighted by Gasteiger charge is 2.63. The molecule has 0 N–H and O–H groups in total. The van der Waals surface area contributed by atoms with Crippen molar-refractivity contribution in [2.45, 2.75) is 39.7 Å². The molecule has 9 heteroatoms. The van der Waals surface area contributed by atoms with E-state index in [0.717, 1.165) is 6.42 Å². The van der Waals surface area contributed by atoms with Crippen molar-refractivity contribution in [3.63, 3.8) is 0 Å². The molecule has 2 bridgehead atoms. The molecule has 192 valence electrons. The Bertz CT molecular complexity index is 1250. The van der Waals surface area contributed by atoms with Crippen molar-refractivity contribution < 1.29 is 32.0 Å². The number of hydrogen-bond acceptors (Lipinski definition) is 7. The lowest BCUT2D eigenvalue weighted by atomic mass is 9.88. The first kappa shape index (κ1) is 25.5. The molecule has 7 nitrogen and oxygen atoms in total. The van der Waals surface area contributed by atoms with Crippen LogP contribution in [0.2, 0.25) is 0 Å². The van der Waals surface area contributed by atoms with E-state index in [4.69, 9.17) is 9.47 Å². The smallest absolute Gasteiger partial charge is 0.320 e. The second kappa shape index (κ2) is 10.7. The molecule has 1 saturated heterocycles. The predicted octanol–water partition coefficient (Wildman–Crippen LogP) is 3.81. The van der Waals surface area contributed by atoms with E-state index in [0.29, 0.717) is 6.42 Å². The maximum atomic E-state index is 11.4. The van der Waals surface area contributed by atoms with Gasteiger partial charge in [-0.05, 0) is 49.2 Å². The summed E-state index contributed by atoms with van der Waals surface area (Å²) in [6.07, 6.45) is 0.317. The molecule has 6 rings (SSSR count). The van der Waals surface area contributed by atoms with Crippen LogP contribution in [0.3, 0.4) is 0 Å². The van der Waals surface area contributed by atoms with Crippen LogP contribution in [-0.4, -0.2) is 42.9 Å². The summed E-state index contributed by atoms with van der Waals surface area (Å²) in [5.74, 6) is -2.49. The van der Waals surface area contributed by atoms with Gasteiger partial charge in [-0.15, -0.1) is 0 Å². The van der Waals surface area contributed by atoms with Gasteiger partial charge in [0.1, 0.15) is 28.1 Å². The maximum absolute atomic E-state index is 11.4. The number of carbonyl (C=O) groups excluding carboxylic acids is 2. The molecule has 2 aliphatic carbocycles. The van der Waals surface area contributed by atoms with Crippen molar-refractivity contribution in [1.82, 2.24) is 0 Å². The van der Waals surface area contributed by atoms with E-state index < -0.39 is 34.0 Å². The third kappa shape index (κ3) is 5.74. The lowest BCUT2D eigenvalue weighted by molar-refractivity contribution is -0.159. The highest BCUT2D eigenvalue weighted by molar-refractivity contribution is 7.97. The number of rotatable bonds is 6. The van der Waals surface area contributed by atoms with Gasteiger partial charge in [0.15, 0.2) is 14.7 Å². The van der Waals surface area contributed by atoms with Crippen molar-refractivity contribution in [2.75, 3.05) is 5.75 Å². The topological polar surface area (TPSA) is 110 Å². The van der Waals surface area contributed by atoms with Gasteiger partial charge in [0, 0.05) is 11.8 Å². The van der Waals surface area contributed by atoms with Crippen LogP contribution in [0.15, 0.2) is 106 Å². The molecule has 0 amide bonds. The number of esters is 2. The maximum Gasteiger partial charge on any atom is 0.320 e. The average Bonchev–Trinajstić information content (AvgIpc) is 3.51. The van der Waals surface area contributed by atoms with Gasteiger partial charge in [-0.3, -0.25) is 9.59 Å². The average molecular weight is 539 g/mol. The normalized spacial score (nSPS) is 25.4. The molecule has 5 atom stereocenters. The Morgan fingerprint density at radius 1 is 0.865 bits per heavy atom. The standard InChI is InChI=1S/C18H15S.C10H12O7S/c1-4-10-16(11-5-1)19(17-12-6-2-7-13-17)18-14-8-3-9-15-18;11-7(3-18(13,14)15)16-8-4-1-5-6(2-4)10(12)17-9(5)8/h1-15H;4-6,8-9H,1-3H2,(H,13,14,15)/q+1;/p-1. The molecule has 0 spiro atoms. The van der Waals surface area contributed by atoms with Gasteiger partial charge in [0.25, 0.3) is 0 Å². The molecule has 1 heterocycles. The number of carbonyl (C=O) groups is 2. The molecule has 5 unspecified atom stereocenters. The molecule has 3 aromatic rings. The molecule has 0 radical (unpaired) electrons. The monoisotopic (exact) mass is 538 g/mol. The fourth-order valence-corrected chi connectivity index (χ4v) is 7.93. The Hall–Kier alpha value is -3.14. The van der Waals surface area contributed by atoms with Gasteiger partial charge in [-0.25, -0.2) is 8.42 Å². The van der Waals surface area contributed by atoms with Crippen LogP contribution in [-0.2, 0) is 40.1 Å². The van der Waals surface area contributed by atoms with E-state index in [9.17, 15) is 22.6 Å². The SMILES string of the molecule is O=C(CS(=O)(=O)[O-])OC1C2CC3C(=O)OC1C3C2.c1ccc([S+](c2ccccc2)c2ccccc2)cc1. The van der Waals surface area contributed by atoms with E-state index in [1.807, 2.05) is 0 Å². The minimum Gasteiger partial charge on any atom is -0.748 e. The number of benzene rings is 3. The first-order valence-electron chi connectivity index (χ1n) is 12.0. The number of hydrogen-bond donors (Lipinski definition) is 0.